The van der Waals surface area contributed by atoms with Crippen molar-refractivity contribution in [2.45, 2.75) is 0 Å². The first-order valence-corrected chi connectivity index (χ1v) is 4.55. The Morgan fingerprint density at radius 3 is 2.88 bits per heavy atom. The molecule has 5 heteroatoms. The first-order chi connectivity index (χ1) is 7.72. The Balaban J connectivity index is 2.46. The van der Waals surface area contributed by atoms with Gasteiger partial charge in [-0.25, -0.2) is 9.78 Å². The largest absolute Gasteiger partial charge is 0.494 e. The molecule has 1 N–H and O–H groups in total. The van der Waals surface area contributed by atoms with Gasteiger partial charge in [0.25, 0.3) is 0 Å². The van der Waals surface area contributed by atoms with Gasteiger partial charge in [-0.05, 0) is 24.3 Å². The highest BCUT2D eigenvalue weighted by Crippen LogP contribution is 2.28. The number of carboxylic acid groups (broad SMARTS) is 1. The van der Waals surface area contributed by atoms with Crippen LogP contribution in [0, 0.1) is 0 Å². The minimum absolute atomic E-state index is 0.122. The first-order valence-electron chi connectivity index (χ1n) is 4.55. The van der Waals surface area contributed by atoms with E-state index in [0.717, 1.165) is 0 Å². The smallest absolute Gasteiger partial charge is 0.371 e. The third kappa shape index (κ3) is 1.75. The molecule has 0 atom stereocenters. The van der Waals surface area contributed by atoms with E-state index in [2.05, 4.69) is 4.98 Å². The molecule has 2 heterocycles. The van der Waals surface area contributed by atoms with Gasteiger partial charge in [0, 0.05) is 6.20 Å². The molecule has 2 rings (SSSR count). The van der Waals surface area contributed by atoms with Crippen molar-refractivity contribution < 1.29 is 19.1 Å². The lowest BCUT2D eigenvalue weighted by atomic mass is 10.2. The summed E-state index contributed by atoms with van der Waals surface area (Å²) in [5.74, 6) is -0.326. The van der Waals surface area contributed by atoms with Crippen LogP contribution in [0.2, 0.25) is 0 Å². The molecule has 0 aliphatic rings. The van der Waals surface area contributed by atoms with E-state index < -0.39 is 5.97 Å². The summed E-state index contributed by atoms with van der Waals surface area (Å²) in [5.41, 5.74) is 0.484. The number of aromatic carboxylic acids is 1. The second-order valence-electron chi connectivity index (χ2n) is 3.02. The second-order valence-corrected chi connectivity index (χ2v) is 3.02. The lowest BCUT2D eigenvalue weighted by Gasteiger charge is -2.03. The summed E-state index contributed by atoms with van der Waals surface area (Å²) in [7, 11) is 1.52. The molecule has 2 aromatic heterocycles. The van der Waals surface area contributed by atoms with Crippen molar-refractivity contribution in [2.24, 2.45) is 0 Å². The van der Waals surface area contributed by atoms with Crippen LogP contribution < -0.4 is 4.74 Å². The fraction of sp³-hybridized carbons (Fsp3) is 0.0909. The minimum Gasteiger partial charge on any atom is -0.494 e. The van der Waals surface area contributed by atoms with Crippen LogP contribution in [-0.4, -0.2) is 23.2 Å². The number of nitrogens with zero attached hydrogens (tertiary/aromatic N) is 1. The molecule has 0 aliphatic heterocycles. The highest BCUT2D eigenvalue weighted by atomic mass is 16.5. The zero-order chi connectivity index (χ0) is 11.5. The number of ether oxygens (including phenoxy) is 1. The third-order valence-electron chi connectivity index (χ3n) is 2.04. The van der Waals surface area contributed by atoms with Crippen molar-refractivity contribution in [3.63, 3.8) is 0 Å². The molecule has 0 bridgehead atoms. The predicted octanol–water partition coefficient (Wildman–Crippen LogP) is 2.05. The van der Waals surface area contributed by atoms with Crippen molar-refractivity contribution in [1.82, 2.24) is 4.98 Å². The average molecular weight is 219 g/mol. The van der Waals surface area contributed by atoms with Crippen LogP contribution in [0.1, 0.15) is 10.6 Å². The molecular formula is C11H9NO4. The second kappa shape index (κ2) is 4.06. The van der Waals surface area contributed by atoms with Gasteiger partial charge < -0.3 is 14.3 Å². The van der Waals surface area contributed by atoms with Gasteiger partial charge in [0.1, 0.15) is 11.4 Å². The van der Waals surface area contributed by atoms with Crippen LogP contribution >= 0.6 is 0 Å². The molecule has 0 unspecified atom stereocenters. The van der Waals surface area contributed by atoms with Gasteiger partial charge in [-0.3, -0.25) is 0 Å². The maximum atomic E-state index is 10.7. The Morgan fingerprint density at radius 2 is 2.25 bits per heavy atom. The average Bonchev–Trinajstić information content (AvgIpc) is 2.78. The molecular weight excluding hydrogens is 210 g/mol. The molecule has 0 fully saturated rings. The van der Waals surface area contributed by atoms with Crippen molar-refractivity contribution in [3.05, 3.63) is 36.2 Å². The number of pyridine rings is 1. The maximum absolute atomic E-state index is 10.7. The van der Waals surface area contributed by atoms with E-state index in [0.29, 0.717) is 17.2 Å². The van der Waals surface area contributed by atoms with Crippen molar-refractivity contribution in [3.8, 4) is 17.2 Å². The van der Waals surface area contributed by atoms with Gasteiger partial charge in [0.05, 0.1) is 7.11 Å². The molecule has 16 heavy (non-hydrogen) atoms. The number of carbonyl (C=O) groups is 1. The molecule has 0 saturated carbocycles. The number of carboxylic acids is 1. The van der Waals surface area contributed by atoms with Crippen LogP contribution in [0.3, 0.4) is 0 Å². The number of furan rings is 1. The normalized spacial score (nSPS) is 10.1. The summed E-state index contributed by atoms with van der Waals surface area (Å²) < 4.78 is 10.2. The van der Waals surface area contributed by atoms with E-state index in [1.165, 1.54) is 13.2 Å². The molecule has 0 spiro atoms. The molecule has 0 aromatic carbocycles. The van der Waals surface area contributed by atoms with Gasteiger partial charge in [-0.15, -0.1) is 0 Å². The lowest BCUT2D eigenvalue weighted by molar-refractivity contribution is 0.0663. The van der Waals surface area contributed by atoms with Crippen molar-refractivity contribution in [1.29, 1.82) is 0 Å². The van der Waals surface area contributed by atoms with Crippen LogP contribution in [0.4, 0.5) is 0 Å². The van der Waals surface area contributed by atoms with E-state index in [1.807, 2.05) is 0 Å². The van der Waals surface area contributed by atoms with E-state index >= 15 is 0 Å². The van der Waals surface area contributed by atoms with Crippen LogP contribution in [0.25, 0.3) is 11.5 Å². The fourth-order valence-corrected chi connectivity index (χ4v) is 1.32. The zero-order valence-corrected chi connectivity index (χ0v) is 8.51. The molecule has 5 nitrogen and oxygen atoms in total. The number of hydrogen-bond acceptors (Lipinski definition) is 4. The Labute approximate surface area is 91.3 Å². The topological polar surface area (TPSA) is 72.6 Å². The van der Waals surface area contributed by atoms with Crippen LogP contribution in [0.5, 0.6) is 5.75 Å². The summed E-state index contributed by atoms with van der Waals surface area (Å²) in [6.45, 7) is 0. The van der Waals surface area contributed by atoms with E-state index in [1.54, 1.807) is 24.4 Å². The summed E-state index contributed by atoms with van der Waals surface area (Å²) in [6.07, 6.45) is 1.58. The summed E-state index contributed by atoms with van der Waals surface area (Å²) in [5, 5.41) is 8.73. The maximum Gasteiger partial charge on any atom is 0.371 e. The van der Waals surface area contributed by atoms with Gasteiger partial charge >= 0.3 is 5.97 Å². The van der Waals surface area contributed by atoms with Gasteiger partial charge in [0.2, 0.25) is 5.76 Å². The predicted molar refractivity (Wildman–Crippen MR) is 55.5 cm³/mol. The van der Waals surface area contributed by atoms with Gasteiger partial charge in [-0.2, -0.15) is 0 Å². The number of aromatic nitrogens is 1. The standard InChI is InChI=1S/C11H9NO4/c1-15-7-3-2-6-12-10(7)8-4-5-9(16-8)11(13)14/h2-6H,1H3,(H,13,14). The number of methoxy groups -OCH3 is 1. The zero-order valence-electron chi connectivity index (χ0n) is 8.51. The molecule has 0 saturated heterocycles. The quantitative estimate of drug-likeness (QED) is 0.855. The van der Waals surface area contributed by atoms with Crippen LogP contribution in [-0.2, 0) is 0 Å². The van der Waals surface area contributed by atoms with E-state index in [-0.39, 0.29) is 5.76 Å². The molecule has 82 valence electrons. The Bertz CT molecular complexity index is 518. The number of hydrogen-bond donors (Lipinski definition) is 1. The Morgan fingerprint density at radius 1 is 1.44 bits per heavy atom. The Kier molecular flexibility index (Phi) is 2.59. The monoisotopic (exact) mass is 219 g/mol. The van der Waals surface area contributed by atoms with E-state index in [9.17, 15) is 4.79 Å². The fourth-order valence-electron chi connectivity index (χ4n) is 1.32. The van der Waals surface area contributed by atoms with Gasteiger partial charge in [0.15, 0.2) is 5.76 Å². The minimum atomic E-state index is -1.11. The summed E-state index contributed by atoms with van der Waals surface area (Å²) >= 11 is 0. The first kappa shape index (κ1) is 10.2. The molecule has 0 aliphatic carbocycles. The van der Waals surface area contributed by atoms with Crippen molar-refractivity contribution in [2.75, 3.05) is 7.11 Å². The molecule has 2 aromatic rings. The van der Waals surface area contributed by atoms with E-state index in [4.69, 9.17) is 14.3 Å². The highest BCUT2D eigenvalue weighted by molar-refractivity contribution is 5.85. The molecule has 0 radical (unpaired) electrons. The number of rotatable bonds is 3. The Hall–Kier alpha value is -2.30. The van der Waals surface area contributed by atoms with Crippen molar-refractivity contribution >= 4 is 5.97 Å². The van der Waals surface area contributed by atoms with Crippen LogP contribution in [0.15, 0.2) is 34.9 Å². The SMILES string of the molecule is COc1cccnc1-c1ccc(C(=O)O)o1. The third-order valence-corrected chi connectivity index (χ3v) is 2.04. The molecule has 0 amide bonds. The summed E-state index contributed by atoms with van der Waals surface area (Å²) in [6, 6.07) is 6.38. The van der Waals surface area contributed by atoms with Gasteiger partial charge in [-0.1, -0.05) is 0 Å². The lowest BCUT2D eigenvalue weighted by Crippen LogP contribution is -1.92. The summed E-state index contributed by atoms with van der Waals surface area (Å²) in [4.78, 5) is 14.7. The highest BCUT2D eigenvalue weighted by Gasteiger charge is 2.14.